The lowest BCUT2D eigenvalue weighted by Gasteiger charge is -2.23. The third kappa shape index (κ3) is 2.94. The van der Waals surface area contributed by atoms with Gasteiger partial charge in [0, 0.05) is 5.69 Å². The number of fused-ring (bicyclic) bond motifs is 5. The molecule has 8 nitrogen and oxygen atoms in total. The summed E-state index contributed by atoms with van der Waals surface area (Å²) in [5, 5.41) is 6.90. The third-order valence-corrected chi connectivity index (χ3v) is 6.76. The van der Waals surface area contributed by atoms with Gasteiger partial charge >= 0.3 is 0 Å². The van der Waals surface area contributed by atoms with Crippen molar-refractivity contribution < 1.29 is 14.4 Å². The van der Waals surface area contributed by atoms with Crippen LogP contribution in [-0.2, 0) is 20.9 Å². The first kappa shape index (κ1) is 18.0. The predicted molar refractivity (Wildman–Crippen MR) is 103 cm³/mol. The molecule has 1 saturated heterocycles. The second kappa shape index (κ2) is 6.79. The van der Waals surface area contributed by atoms with E-state index in [9.17, 15) is 14.4 Å². The Morgan fingerprint density at radius 1 is 1.14 bits per heavy atom. The van der Waals surface area contributed by atoms with E-state index in [1.807, 2.05) is 12.1 Å². The van der Waals surface area contributed by atoms with Gasteiger partial charge < -0.3 is 5.32 Å². The number of imide groups is 1. The number of carbonyl (C=O) groups is 3. The molecule has 0 unspecified atom stereocenters. The minimum Gasteiger partial charge on any atom is -0.324 e. The number of hydrogen-bond acceptors (Lipinski definition) is 5. The standard InChI is InChI=1S/C21H23N5O3/c1-12(26-20(28)17-14-4-5-15(8-14)18(17)21(26)29)19(27)24-16-6-2-13(3-7-16)9-25-11-22-10-23-25/h2-3,6-7,10-12,14-15,17-18H,4-5,8-9H2,1H3,(H,24,27)/t12-,14+,15+,17+,18+/m1/s1. The van der Waals surface area contributed by atoms with Gasteiger partial charge in [0.05, 0.1) is 18.4 Å². The summed E-state index contributed by atoms with van der Waals surface area (Å²) >= 11 is 0. The highest BCUT2D eigenvalue weighted by molar-refractivity contribution is 6.10. The molecule has 8 heteroatoms. The van der Waals surface area contributed by atoms with E-state index < -0.39 is 6.04 Å². The number of nitrogens with zero attached hydrogens (tertiary/aromatic N) is 4. The van der Waals surface area contributed by atoms with Crippen LogP contribution in [-0.4, -0.2) is 43.4 Å². The summed E-state index contributed by atoms with van der Waals surface area (Å²) in [6.07, 6.45) is 6.17. The van der Waals surface area contributed by atoms with E-state index in [-0.39, 0.29) is 29.6 Å². The molecule has 2 bridgehead atoms. The normalized spacial score (nSPS) is 28.7. The molecule has 29 heavy (non-hydrogen) atoms. The number of benzene rings is 1. The molecule has 2 heterocycles. The van der Waals surface area contributed by atoms with Gasteiger partial charge in [-0.3, -0.25) is 19.3 Å². The summed E-state index contributed by atoms with van der Waals surface area (Å²) in [4.78, 5) is 43.7. The average Bonchev–Trinajstić information content (AvgIpc) is 3.49. The molecule has 3 fully saturated rings. The second-order valence-corrected chi connectivity index (χ2v) is 8.39. The monoisotopic (exact) mass is 393 g/mol. The Kier molecular flexibility index (Phi) is 4.22. The van der Waals surface area contributed by atoms with E-state index in [1.54, 1.807) is 30.1 Å². The molecule has 150 valence electrons. The maximum absolute atomic E-state index is 12.9. The molecule has 1 aromatic carbocycles. The Bertz CT molecular complexity index is 927. The number of anilines is 1. The zero-order valence-electron chi connectivity index (χ0n) is 16.2. The van der Waals surface area contributed by atoms with Gasteiger partial charge in [-0.25, -0.2) is 9.67 Å². The first-order valence-electron chi connectivity index (χ1n) is 10.1. The van der Waals surface area contributed by atoms with Crippen LogP contribution in [0.2, 0.25) is 0 Å². The van der Waals surface area contributed by atoms with Crippen molar-refractivity contribution in [3.8, 4) is 0 Å². The highest BCUT2D eigenvalue weighted by atomic mass is 16.2. The van der Waals surface area contributed by atoms with Crippen LogP contribution in [0.4, 0.5) is 5.69 Å². The van der Waals surface area contributed by atoms with Gasteiger partial charge in [0.15, 0.2) is 0 Å². The van der Waals surface area contributed by atoms with Crippen LogP contribution >= 0.6 is 0 Å². The lowest BCUT2D eigenvalue weighted by Crippen LogP contribution is -2.46. The summed E-state index contributed by atoms with van der Waals surface area (Å²) in [7, 11) is 0. The maximum atomic E-state index is 12.9. The zero-order valence-corrected chi connectivity index (χ0v) is 16.2. The molecule has 3 amide bonds. The third-order valence-electron chi connectivity index (χ3n) is 6.76. The number of amides is 3. The average molecular weight is 393 g/mol. The fourth-order valence-corrected chi connectivity index (χ4v) is 5.37. The molecule has 1 aromatic heterocycles. The van der Waals surface area contributed by atoms with Crippen LogP contribution in [0.15, 0.2) is 36.9 Å². The molecule has 1 aliphatic heterocycles. The van der Waals surface area contributed by atoms with Crippen molar-refractivity contribution in [2.24, 2.45) is 23.7 Å². The molecule has 2 aromatic rings. The van der Waals surface area contributed by atoms with Gasteiger partial charge in [-0.2, -0.15) is 5.10 Å². The minimum atomic E-state index is -0.810. The summed E-state index contributed by atoms with van der Waals surface area (Å²) in [5.41, 5.74) is 1.65. The molecule has 1 N–H and O–H groups in total. The molecule has 5 atom stereocenters. The van der Waals surface area contributed by atoms with Crippen molar-refractivity contribution in [2.45, 2.75) is 38.8 Å². The van der Waals surface area contributed by atoms with Crippen LogP contribution in [0.3, 0.4) is 0 Å². The zero-order chi connectivity index (χ0) is 20.1. The van der Waals surface area contributed by atoms with Gasteiger partial charge in [-0.15, -0.1) is 0 Å². The minimum absolute atomic E-state index is 0.155. The van der Waals surface area contributed by atoms with Crippen LogP contribution in [0, 0.1) is 23.7 Å². The summed E-state index contributed by atoms with van der Waals surface area (Å²) < 4.78 is 1.71. The fraction of sp³-hybridized carbons (Fsp3) is 0.476. The lowest BCUT2D eigenvalue weighted by atomic mass is 9.81. The topological polar surface area (TPSA) is 97.2 Å². The van der Waals surface area contributed by atoms with E-state index in [4.69, 9.17) is 0 Å². The summed E-state index contributed by atoms with van der Waals surface area (Å²) in [6.45, 7) is 2.22. The summed E-state index contributed by atoms with van der Waals surface area (Å²) in [5.74, 6) is -0.419. The fourth-order valence-electron chi connectivity index (χ4n) is 5.37. The highest BCUT2D eigenvalue weighted by Crippen LogP contribution is 2.56. The number of nitrogens with one attached hydrogen (secondary N) is 1. The van der Waals surface area contributed by atoms with Crippen LogP contribution in [0.5, 0.6) is 0 Å². The number of likely N-dealkylation sites (tertiary alicyclic amines) is 1. The van der Waals surface area contributed by atoms with Gasteiger partial charge in [0.25, 0.3) is 0 Å². The SMILES string of the molecule is C[C@H](C(=O)Nc1ccc(Cn2cncn2)cc1)N1C(=O)[C@H]2[C@H]3CC[C@@H](C3)[C@@H]2C1=O. The van der Waals surface area contributed by atoms with E-state index in [1.165, 1.54) is 11.2 Å². The van der Waals surface area contributed by atoms with Gasteiger partial charge in [0.1, 0.15) is 18.7 Å². The molecular formula is C21H23N5O3. The van der Waals surface area contributed by atoms with E-state index in [0.29, 0.717) is 24.1 Å². The van der Waals surface area contributed by atoms with Gasteiger partial charge in [-0.05, 0) is 55.7 Å². The van der Waals surface area contributed by atoms with Crippen molar-refractivity contribution in [1.82, 2.24) is 19.7 Å². The Morgan fingerprint density at radius 3 is 2.38 bits per heavy atom. The Labute approximate surface area is 168 Å². The largest absolute Gasteiger partial charge is 0.324 e. The smallest absolute Gasteiger partial charge is 0.247 e. The first-order chi connectivity index (χ1) is 14.0. The van der Waals surface area contributed by atoms with Gasteiger partial charge in [-0.1, -0.05) is 12.1 Å². The Morgan fingerprint density at radius 2 is 1.79 bits per heavy atom. The highest BCUT2D eigenvalue weighted by Gasteiger charge is 2.62. The van der Waals surface area contributed by atoms with Crippen molar-refractivity contribution in [3.63, 3.8) is 0 Å². The molecule has 2 saturated carbocycles. The molecule has 0 spiro atoms. The van der Waals surface area contributed by atoms with Crippen LogP contribution in [0.25, 0.3) is 0 Å². The first-order valence-corrected chi connectivity index (χ1v) is 10.1. The van der Waals surface area contributed by atoms with E-state index in [2.05, 4.69) is 15.4 Å². The Hall–Kier alpha value is -3.03. The van der Waals surface area contributed by atoms with Gasteiger partial charge in [0.2, 0.25) is 17.7 Å². The number of rotatable bonds is 5. The van der Waals surface area contributed by atoms with Crippen molar-refractivity contribution >= 4 is 23.4 Å². The molecular weight excluding hydrogens is 370 g/mol. The molecule has 2 aliphatic carbocycles. The second-order valence-electron chi connectivity index (χ2n) is 8.39. The lowest BCUT2D eigenvalue weighted by molar-refractivity contribution is -0.146. The quantitative estimate of drug-likeness (QED) is 0.780. The van der Waals surface area contributed by atoms with E-state index >= 15 is 0 Å². The molecule has 0 radical (unpaired) electrons. The Balaban J connectivity index is 1.25. The maximum Gasteiger partial charge on any atom is 0.247 e. The van der Waals surface area contributed by atoms with E-state index in [0.717, 1.165) is 24.8 Å². The molecule has 5 rings (SSSR count). The van der Waals surface area contributed by atoms with Crippen LogP contribution < -0.4 is 5.32 Å². The summed E-state index contributed by atoms with van der Waals surface area (Å²) in [6, 6.07) is 6.60. The predicted octanol–water partition coefficient (Wildman–Crippen LogP) is 1.68. The number of carbonyl (C=O) groups excluding carboxylic acids is 3. The van der Waals surface area contributed by atoms with Crippen LogP contribution in [0.1, 0.15) is 31.7 Å². The number of aromatic nitrogens is 3. The molecule has 3 aliphatic rings. The van der Waals surface area contributed by atoms with Crippen molar-refractivity contribution in [3.05, 3.63) is 42.5 Å². The van der Waals surface area contributed by atoms with Crippen molar-refractivity contribution in [2.75, 3.05) is 5.32 Å². The van der Waals surface area contributed by atoms with Crippen molar-refractivity contribution in [1.29, 1.82) is 0 Å². The number of hydrogen-bond donors (Lipinski definition) is 1.